The summed E-state index contributed by atoms with van der Waals surface area (Å²) in [6.45, 7) is 8.49. The molecule has 0 rings (SSSR count). The minimum atomic E-state index is -1.28. The molecule has 0 heterocycles. The first kappa shape index (κ1) is 30.6. The molecule has 0 aromatic carbocycles. The number of hydrogen-bond donors (Lipinski definition) is 7. The zero-order valence-corrected chi connectivity index (χ0v) is 20.2. The van der Waals surface area contributed by atoms with E-state index >= 15 is 0 Å². The van der Waals surface area contributed by atoms with Crippen molar-refractivity contribution in [3.63, 3.8) is 0 Å². The van der Waals surface area contributed by atoms with Gasteiger partial charge in [0.2, 0.25) is 23.6 Å². The van der Waals surface area contributed by atoms with Gasteiger partial charge in [-0.1, -0.05) is 13.8 Å². The molecular weight excluding hydrogens is 450 g/mol. The summed E-state index contributed by atoms with van der Waals surface area (Å²) in [5, 5.41) is 4.88. The van der Waals surface area contributed by atoms with Gasteiger partial charge in [-0.3, -0.25) is 29.4 Å². The van der Waals surface area contributed by atoms with Crippen molar-refractivity contribution in [1.82, 2.24) is 21.5 Å². The van der Waals surface area contributed by atoms with Crippen molar-refractivity contribution in [2.24, 2.45) is 23.1 Å². The van der Waals surface area contributed by atoms with Crippen LogP contribution in [-0.2, 0) is 28.7 Å². The summed E-state index contributed by atoms with van der Waals surface area (Å²) in [6, 6.07) is -3.64. The number of nitrogens with one attached hydrogen (secondary N) is 4. The van der Waals surface area contributed by atoms with Gasteiger partial charge < -0.3 is 32.6 Å². The summed E-state index contributed by atoms with van der Waals surface area (Å²) in [5.41, 5.74) is 19.2. The highest BCUT2D eigenvalue weighted by molar-refractivity contribution is 5.94. The van der Waals surface area contributed by atoms with Crippen LogP contribution in [0.15, 0.2) is 0 Å². The van der Waals surface area contributed by atoms with Gasteiger partial charge >= 0.3 is 6.09 Å². The van der Waals surface area contributed by atoms with Crippen molar-refractivity contribution in [2.75, 3.05) is 0 Å². The molecule has 0 aliphatic carbocycles. The Kier molecular flexibility index (Phi) is 12.6. The molecule has 194 valence electrons. The first-order valence-electron chi connectivity index (χ1n) is 10.7. The fourth-order valence-electron chi connectivity index (χ4n) is 2.62. The predicted octanol–water partition coefficient (Wildman–Crippen LogP) is -1.97. The van der Waals surface area contributed by atoms with Crippen LogP contribution in [0.5, 0.6) is 0 Å². The lowest BCUT2D eigenvalue weighted by Crippen LogP contribution is -2.58. The van der Waals surface area contributed by atoms with E-state index in [9.17, 15) is 28.8 Å². The van der Waals surface area contributed by atoms with Crippen LogP contribution in [0, 0.1) is 5.92 Å². The molecular formula is C20H37N7O7. The average molecular weight is 488 g/mol. The maximum Gasteiger partial charge on any atom is 0.426 e. The molecule has 0 unspecified atom stereocenters. The Morgan fingerprint density at radius 1 is 0.824 bits per heavy atom. The van der Waals surface area contributed by atoms with Crippen LogP contribution in [0.4, 0.5) is 4.79 Å². The Morgan fingerprint density at radius 3 is 1.85 bits per heavy atom. The van der Waals surface area contributed by atoms with Crippen LogP contribution in [0.3, 0.4) is 0 Å². The highest BCUT2D eigenvalue weighted by Crippen LogP contribution is 2.08. The fourth-order valence-corrected chi connectivity index (χ4v) is 2.62. The molecule has 0 spiro atoms. The van der Waals surface area contributed by atoms with Gasteiger partial charge in [-0.25, -0.2) is 10.2 Å². The highest BCUT2D eigenvalue weighted by atomic mass is 16.6. The number of rotatable bonds is 12. The molecule has 0 aromatic heterocycles. The van der Waals surface area contributed by atoms with E-state index in [1.807, 2.05) is 5.43 Å². The topological polar surface area (TPSA) is 238 Å². The number of nitrogens with two attached hydrogens (primary N) is 3. The Labute approximate surface area is 198 Å². The lowest BCUT2D eigenvalue weighted by Gasteiger charge is -2.25. The Morgan fingerprint density at radius 2 is 1.38 bits per heavy atom. The van der Waals surface area contributed by atoms with Gasteiger partial charge in [0.1, 0.15) is 17.7 Å². The van der Waals surface area contributed by atoms with Gasteiger partial charge in [-0.15, -0.1) is 0 Å². The highest BCUT2D eigenvalue weighted by Gasteiger charge is 2.29. The zero-order chi connectivity index (χ0) is 26.6. The normalized spacial score (nSPS) is 13.7. The average Bonchev–Trinajstić information content (AvgIpc) is 2.66. The first-order valence-corrected chi connectivity index (χ1v) is 10.7. The number of hydrazine groups is 1. The fraction of sp³-hybridized carbons (Fsp3) is 0.700. The molecule has 0 aliphatic heterocycles. The van der Waals surface area contributed by atoms with Crippen LogP contribution in [0.25, 0.3) is 0 Å². The second-order valence-corrected chi connectivity index (χ2v) is 9.15. The number of carbonyl (C=O) groups is 6. The molecule has 0 aromatic rings. The van der Waals surface area contributed by atoms with Crippen LogP contribution >= 0.6 is 0 Å². The molecule has 14 heteroatoms. The van der Waals surface area contributed by atoms with Crippen LogP contribution in [0.2, 0.25) is 0 Å². The Hall–Kier alpha value is -3.42. The van der Waals surface area contributed by atoms with E-state index < -0.39 is 65.8 Å². The molecule has 0 fully saturated rings. The first-order chi connectivity index (χ1) is 15.5. The Balaban J connectivity index is 5.37. The standard InChI is InChI=1S/C20H37N7O7/c1-10(2)8-13(25-16(30)11(21)9-15(23)29)17(31)24-12(6-7-14(22)28)18(32)26-27-19(33)34-20(3,4)5/h10-13H,6-9,21H2,1-5H3,(H2,22,28)(H2,23,29)(H,24,31)(H,25,30)(H,26,32)(H,27,33)/t11-,12-,13-/m0/s1. The molecule has 34 heavy (non-hydrogen) atoms. The smallest absolute Gasteiger partial charge is 0.426 e. The summed E-state index contributed by atoms with van der Waals surface area (Å²) < 4.78 is 5.00. The SMILES string of the molecule is CC(C)C[C@H](NC(=O)[C@@H](N)CC(N)=O)C(=O)N[C@@H](CCC(N)=O)C(=O)NNC(=O)OC(C)(C)C. The second kappa shape index (κ2) is 14.0. The summed E-state index contributed by atoms with van der Waals surface area (Å²) in [6.07, 6.45) is -1.58. The lowest BCUT2D eigenvalue weighted by atomic mass is 10.0. The van der Waals surface area contributed by atoms with Crippen molar-refractivity contribution >= 4 is 35.6 Å². The number of primary amides is 2. The number of ether oxygens (including phenoxy) is 1. The minimum Gasteiger partial charge on any atom is -0.443 e. The third kappa shape index (κ3) is 13.9. The van der Waals surface area contributed by atoms with E-state index in [2.05, 4.69) is 16.1 Å². The number of hydrogen-bond acceptors (Lipinski definition) is 8. The van der Waals surface area contributed by atoms with Crippen LogP contribution < -0.4 is 38.7 Å². The third-order valence-corrected chi connectivity index (χ3v) is 4.10. The van der Waals surface area contributed by atoms with Crippen molar-refractivity contribution in [1.29, 1.82) is 0 Å². The third-order valence-electron chi connectivity index (χ3n) is 4.10. The van der Waals surface area contributed by atoms with Crippen LogP contribution in [-0.4, -0.2) is 59.4 Å². The summed E-state index contributed by atoms with van der Waals surface area (Å²) in [4.78, 5) is 71.7. The Bertz CT molecular complexity index is 765. The van der Waals surface area contributed by atoms with Gasteiger partial charge in [0.25, 0.3) is 5.91 Å². The quantitative estimate of drug-likeness (QED) is 0.152. The maximum atomic E-state index is 12.9. The van der Waals surface area contributed by atoms with Crippen LogP contribution in [0.1, 0.15) is 60.3 Å². The maximum absolute atomic E-state index is 12.9. The van der Waals surface area contributed by atoms with Crippen molar-refractivity contribution in [3.8, 4) is 0 Å². The molecule has 0 aliphatic rings. The molecule has 0 saturated heterocycles. The molecule has 14 nitrogen and oxygen atoms in total. The molecule has 6 amide bonds. The molecule has 0 bridgehead atoms. The van der Waals surface area contributed by atoms with E-state index in [0.717, 1.165) is 0 Å². The molecule has 0 saturated carbocycles. The van der Waals surface area contributed by atoms with E-state index in [4.69, 9.17) is 21.9 Å². The minimum absolute atomic E-state index is 0.0462. The molecule has 3 atom stereocenters. The summed E-state index contributed by atoms with van der Waals surface area (Å²) in [7, 11) is 0. The van der Waals surface area contributed by atoms with Gasteiger partial charge in [0.05, 0.1) is 12.5 Å². The number of carbonyl (C=O) groups excluding carboxylic acids is 6. The van der Waals surface area contributed by atoms with Crippen molar-refractivity contribution in [2.45, 2.75) is 84.0 Å². The van der Waals surface area contributed by atoms with Crippen molar-refractivity contribution < 1.29 is 33.5 Å². The monoisotopic (exact) mass is 487 g/mol. The summed E-state index contributed by atoms with van der Waals surface area (Å²) in [5.74, 6) is -3.90. The van der Waals surface area contributed by atoms with Gasteiger partial charge in [-0.2, -0.15) is 0 Å². The van der Waals surface area contributed by atoms with Gasteiger partial charge in [0.15, 0.2) is 0 Å². The van der Waals surface area contributed by atoms with E-state index in [0.29, 0.717) is 0 Å². The predicted molar refractivity (Wildman–Crippen MR) is 121 cm³/mol. The second-order valence-electron chi connectivity index (χ2n) is 9.15. The van der Waals surface area contributed by atoms with E-state index in [1.165, 1.54) is 0 Å². The molecule has 0 radical (unpaired) electrons. The van der Waals surface area contributed by atoms with Gasteiger partial charge in [0, 0.05) is 6.42 Å². The lowest BCUT2D eigenvalue weighted by molar-refractivity contribution is -0.133. The van der Waals surface area contributed by atoms with E-state index in [-0.39, 0.29) is 25.2 Å². The van der Waals surface area contributed by atoms with E-state index in [1.54, 1.807) is 34.6 Å². The zero-order valence-electron chi connectivity index (χ0n) is 20.2. The largest absolute Gasteiger partial charge is 0.443 e. The van der Waals surface area contributed by atoms with Crippen molar-refractivity contribution in [3.05, 3.63) is 0 Å². The number of amides is 6. The van der Waals surface area contributed by atoms with Gasteiger partial charge in [-0.05, 0) is 39.5 Å². The molecule has 10 N–H and O–H groups in total. The summed E-state index contributed by atoms with van der Waals surface area (Å²) >= 11 is 0.